The molecule has 2 rings (SSSR count). The maximum atomic E-state index is 5.99. The van der Waals surface area contributed by atoms with Gasteiger partial charge in [-0.25, -0.2) is 0 Å². The number of halogens is 1. The molecule has 1 aromatic heterocycles. The van der Waals surface area contributed by atoms with Crippen molar-refractivity contribution in [3.8, 4) is 0 Å². The largest absolute Gasteiger partial charge is 0.352 e. The molecule has 0 bridgehead atoms. The standard InChI is InChI=1S/C9H13ClN2/c1-5-3-6-7(8(5)11-2)4-12-9(6)10/h4-5,8,11-12H,3H2,1-2H3. The Balaban J connectivity index is 2.41. The van der Waals surface area contributed by atoms with E-state index in [1.807, 2.05) is 13.2 Å². The van der Waals surface area contributed by atoms with Crippen molar-refractivity contribution in [3.05, 3.63) is 22.5 Å². The third-order valence-corrected chi connectivity index (χ3v) is 3.05. The van der Waals surface area contributed by atoms with Gasteiger partial charge in [0, 0.05) is 12.2 Å². The second-order valence-corrected chi connectivity index (χ2v) is 3.86. The van der Waals surface area contributed by atoms with Gasteiger partial charge in [0.15, 0.2) is 0 Å². The predicted molar refractivity (Wildman–Crippen MR) is 50.5 cm³/mol. The van der Waals surface area contributed by atoms with E-state index in [9.17, 15) is 0 Å². The second kappa shape index (κ2) is 2.79. The molecular formula is C9H13ClN2. The van der Waals surface area contributed by atoms with Crippen molar-refractivity contribution in [2.24, 2.45) is 5.92 Å². The Morgan fingerprint density at radius 3 is 3.08 bits per heavy atom. The molecule has 0 fully saturated rings. The van der Waals surface area contributed by atoms with Gasteiger partial charge in [-0.1, -0.05) is 18.5 Å². The number of rotatable bonds is 1. The molecule has 0 saturated heterocycles. The molecule has 1 aliphatic carbocycles. The number of aromatic amines is 1. The van der Waals surface area contributed by atoms with Gasteiger partial charge in [0.2, 0.25) is 0 Å². The molecular weight excluding hydrogens is 172 g/mol. The van der Waals surface area contributed by atoms with Crippen LogP contribution in [0, 0.1) is 5.92 Å². The zero-order valence-corrected chi connectivity index (χ0v) is 8.07. The summed E-state index contributed by atoms with van der Waals surface area (Å²) in [6.45, 7) is 2.25. The van der Waals surface area contributed by atoms with E-state index in [4.69, 9.17) is 11.6 Å². The minimum atomic E-state index is 0.476. The molecule has 0 aromatic carbocycles. The number of nitrogens with one attached hydrogen (secondary N) is 2. The zero-order valence-electron chi connectivity index (χ0n) is 7.32. The number of hydrogen-bond acceptors (Lipinski definition) is 1. The Hall–Kier alpha value is -0.470. The Kier molecular flexibility index (Phi) is 1.89. The lowest BCUT2D eigenvalue weighted by Crippen LogP contribution is -2.19. The molecule has 1 aromatic rings. The number of fused-ring (bicyclic) bond motifs is 1. The van der Waals surface area contributed by atoms with Crippen LogP contribution >= 0.6 is 11.6 Å². The van der Waals surface area contributed by atoms with Crippen molar-refractivity contribution >= 4 is 11.6 Å². The van der Waals surface area contributed by atoms with Crippen LogP contribution in [0.25, 0.3) is 0 Å². The first kappa shape index (κ1) is 8.14. The van der Waals surface area contributed by atoms with Crippen molar-refractivity contribution in [1.82, 2.24) is 10.3 Å². The van der Waals surface area contributed by atoms with Gasteiger partial charge in [-0.15, -0.1) is 0 Å². The van der Waals surface area contributed by atoms with Crippen LogP contribution in [0.5, 0.6) is 0 Å². The van der Waals surface area contributed by atoms with Gasteiger partial charge in [0.25, 0.3) is 0 Å². The minimum absolute atomic E-state index is 0.476. The Bertz CT molecular complexity index is 293. The first-order chi connectivity index (χ1) is 5.74. The van der Waals surface area contributed by atoms with E-state index in [-0.39, 0.29) is 0 Å². The molecule has 2 unspecified atom stereocenters. The molecule has 2 atom stereocenters. The van der Waals surface area contributed by atoms with Gasteiger partial charge in [0.1, 0.15) is 5.15 Å². The van der Waals surface area contributed by atoms with Gasteiger partial charge in [-0.2, -0.15) is 0 Å². The van der Waals surface area contributed by atoms with Gasteiger partial charge in [-0.05, 0) is 30.5 Å². The summed E-state index contributed by atoms with van der Waals surface area (Å²) in [5.41, 5.74) is 2.64. The fourth-order valence-electron chi connectivity index (χ4n) is 2.11. The Morgan fingerprint density at radius 2 is 2.42 bits per heavy atom. The maximum Gasteiger partial charge on any atom is 0.109 e. The van der Waals surface area contributed by atoms with Crippen molar-refractivity contribution < 1.29 is 0 Å². The van der Waals surface area contributed by atoms with E-state index < -0.39 is 0 Å². The number of hydrogen-bond donors (Lipinski definition) is 2. The fraction of sp³-hybridized carbons (Fsp3) is 0.556. The zero-order chi connectivity index (χ0) is 8.72. The van der Waals surface area contributed by atoms with Crippen LogP contribution in [0.3, 0.4) is 0 Å². The van der Waals surface area contributed by atoms with Crippen LogP contribution in [0.1, 0.15) is 24.1 Å². The van der Waals surface area contributed by atoms with Gasteiger partial charge in [-0.3, -0.25) is 0 Å². The van der Waals surface area contributed by atoms with Crippen LogP contribution in [-0.2, 0) is 6.42 Å². The van der Waals surface area contributed by atoms with Crippen molar-refractivity contribution in [2.75, 3.05) is 7.05 Å². The van der Waals surface area contributed by atoms with Crippen LogP contribution in [0.15, 0.2) is 6.20 Å². The first-order valence-corrected chi connectivity index (χ1v) is 4.64. The van der Waals surface area contributed by atoms with Crippen molar-refractivity contribution in [3.63, 3.8) is 0 Å². The first-order valence-electron chi connectivity index (χ1n) is 4.27. The molecule has 2 nitrogen and oxygen atoms in total. The number of aromatic nitrogens is 1. The quantitative estimate of drug-likeness (QED) is 0.688. The van der Waals surface area contributed by atoms with Crippen LogP contribution in [0.2, 0.25) is 5.15 Å². The molecule has 0 spiro atoms. The molecule has 2 N–H and O–H groups in total. The van der Waals surface area contributed by atoms with Crippen LogP contribution in [0.4, 0.5) is 0 Å². The highest BCUT2D eigenvalue weighted by molar-refractivity contribution is 6.30. The molecule has 0 aliphatic heterocycles. The molecule has 1 heterocycles. The average Bonchev–Trinajstić information content (AvgIpc) is 2.52. The summed E-state index contributed by atoms with van der Waals surface area (Å²) >= 11 is 5.99. The summed E-state index contributed by atoms with van der Waals surface area (Å²) in [7, 11) is 2.00. The van der Waals surface area contributed by atoms with E-state index >= 15 is 0 Å². The SMILES string of the molecule is CNC1c2c[nH]c(Cl)c2CC1C. The third-order valence-electron chi connectivity index (χ3n) is 2.71. The molecule has 0 radical (unpaired) electrons. The Morgan fingerprint density at radius 1 is 1.67 bits per heavy atom. The monoisotopic (exact) mass is 184 g/mol. The average molecular weight is 185 g/mol. The lowest BCUT2D eigenvalue weighted by atomic mass is 10.0. The van der Waals surface area contributed by atoms with E-state index in [2.05, 4.69) is 17.2 Å². The summed E-state index contributed by atoms with van der Waals surface area (Å²) in [4.78, 5) is 3.05. The van der Waals surface area contributed by atoms with Crippen LogP contribution < -0.4 is 5.32 Å². The van der Waals surface area contributed by atoms with E-state index in [1.54, 1.807) is 0 Å². The fourth-order valence-corrected chi connectivity index (χ4v) is 2.35. The lowest BCUT2D eigenvalue weighted by molar-refractivity contribution is 0.445. The van der Waals surface area contributed by atoms with Gasteiger partial charge >= 0.3 is 0 Å². The number of H-pyrrole nitrogens is 1. The van der Waals surface area contributed by atoms with Gasteiger partial charge < -0.3 is 10.3 Å². The molecule has 0 amide bonds. The van der Waals surface area contributed by atoms with Crippen LogP contribution in [-0.4, -0.2) is 12.0 Å². The topological polar surface area (TPSA) is 27.8 Å². The molecule has 0 saturated carbocycles. The molecule has 12 heavy (non-hydrogen) atoms. The smallest absolute Gasteiger partial charge is 0.109 e. The predicted octanol–water partition coefficient (Wildman–Crippen LogP) is 2.12. The summed E-state index contributed by atoms with van der Waals surface area (Å²) in [5.74, 6) is 0.659. The summed E-state index contributed by atoms with van der Waals surface area (Å²) in [6.07, 6.45) is 3.10. The lowest BCUT2D eigenvalue weighted by Gasteiger charge is -2.14. The van der Waals surface area contributed by atoms with E-state index in [0.717, 1.165) is 11.6 Å². The van der Waals surface area contributed by atoms with E-state index in [1.165, 1.54) is 11.1 Å². The highest BCUT2D eigenvalue weighted by Gasteiger charge is 2.30. The third kappa shape index (κ3) is 0.985. The molecule has 66 valence electrons. The highest BCUT2D eigenvalue weighted by Crippen LogP contribution is 2.38. The van der Waals surface area contributed by atoms with E-state index in [0.29, 0.717) is 12.0 Å². The normalized spacial score (nSPS) is 27.6. The summed E-state index contributed by atoms with van der Waals surface area (Å²) in [5, 5.41) is 4.12. The summed E-state index contributed by atoms with van der Waals surface area (Å²) < 4.78 is 0. The summed E-state index contributed by atoms with van der Waals surface area (Å²) in [6, 6.07) is 0.476. The molecule has 3 heteroatoms. The van der Waals surface area contributed by atoms with Crippen molar-refractivity contribution in [2.45, 2.75) is 19.4 Å². The minimum Gasteiger partial charge on any atom is -0.352 e. The second-order valence-electron chi connectivity index (χ2n) is 3.48. The van der Waals surface area contributed by atoms with Gasteiger partial charge in [0.05, 0.1) is 0 Å². The maximum absolute atomic E-state index is 5.99. The Labute approximate surface area is 77.3 Å². The highest BCUT2D eigenvalue weighted by atomic mass is 35.5. The van der Waals surface area contributed by atoms with Crippen molar-refractivity contribution in [1.29, 1.82) is 0 Å². The molecule has 1 aliphatic rings.